The summed E-state index contributed by atoms with van der Waals surface area (Å²) in [7, 11) is 0. The van der Waals surface area contributed by atoms with E-state index in [0.717, 1.165) is 6.29 Å². The molecule has 0 saturated heterocycles. The second-order valence-corrected chi connectivity index (χ2v) is 1.98. The van der Waals surface area contributed by atoms with Crippen molar-refractivity contribution >= 4 is 6.29 Å². The summed E-state index contributed by atoms with van der Waals surface area (Å²) in [6.45, 7) is 2.15. The van der Waals surface area contributed by atoms with Crippen LogP contribution in [-0.4, -0.2) is 49.1 Å². The lowest BCUT2D eigenvalue weighted by Gasteiger charge is -2.16. The van der Waals surface area contributed by atoms with Crippen molar-refractivity contribution in [2.24, 2.45) is 5.73 Å². The highest BCUT2D eigenvalue weighted by Crippen LogP contribution is 1.81. The molecule has 60 valence electrons. The van der Waals surface area contributed by atoms with Gasteiger partial charge in [-0.2, -0.15) is 0 Å². The third kappa shape index (κ3) is 4.43. The topological polar surface area (TPSA) is 66.6 Å². The van der Waals surface area contributed by atoms with Crippen LogP contribution in [0.4, 0.5) is 0 Å². The first-order valence-electron chi connectivity index (χ1n) is 3.32. The Kier molecular flexibility index (Phi) is 6.37. The molecule has 4 nitrogen and oxygen atoms in total. The monoisotopic (exact) mass is 146 g/mol. The zero-order chi connectivity index (χ0) is 7.82. The molecule has 0 aromatic carbocycles. The number of nitrogens with zero attached hydrogens (tertiary/aromatic N) is 1. The molecule has 0 aliphatic rings. The Bertz CT molecular complexity index is 81.8. The summed E-state index contributed by atoms with van der Waals surface area (Å²) >= 11 is 0. The van der Waals surface area contributed by atoms with Gasteiger partial charge in [0, 0.05) is 19.6 Å². The van der Waals surface area contributed by atoms with E-state index in [1.165, 1.54) is 0 Å². The highest BCUT2D eigenvalue weighted by atomic mass is 16.3. The SMILES string of the molecule is NCCN(CC=O)CCO. The Hall–Kier alpha value is -0.450. The number of aliphatic hydroxyl groups is 1. The van der Waals surface area contributed by atoms with E-state index in [2.05, 4.69) is 0 Å². The molecule has 10 heavy (non-hydrogen) atoms. The number of rotatable bonds is 6. The first kappa shape index (κ1) is 9.55. The number of hydrogen-bond donors (Lipinski definition) is 2. The highest BCUT2D eigenvalue weighted by Gasteiger charge is 1.99. The molecule has 0 aliphatic heterocycles. The molecule has 0 fully saturated rings. The normalized spacial score (nSPS) is 10.3. The van der Waals surface area contributed by atoms with Crippen molar-refractivity contribution in [3.05, 3.63) is 0 Å². The molecule has 0 rings (SSSR count). The van der Waals surface area contributed by atoms with E-state index < -0.39 is 0 Å². The molecule has 0 radical (unpaired) electrons. The molecule has 0 spiro atoms. The quantitative estimate of drug-likeness (QED) is 0.445. The predicted molar refractivity (Wildman–Crippen MR) is 38.6 cm³/mol. The van der Waals surface area contributed by atoms with E-state index in [-0.39, 0.29) is 6.61 Å². The summed E-state index contributed by atoms with van der Waals surface area (Å²) in [5.74, 6) is 0. The van der Waals surface area contributed by atoms with Gasteiger partial charge in [0.25, 0.3) is 0 Å². The van der Waals surface area contributed by atoms with Crippen LogP contribution in [-0.2, 0) is 4.79 Å². The molecule has 0 saturated carbocycles. The van der Waals surface area contributed by atoms with Crippen LogP contribution in [0.1, 0.15) is 0 Å². The smallest absolute Gasteiger partial charge is 0.133 e. The molecular formula is C6H14N2O2. The number of hydrogen-bond acceptors (Lipinski definition) is 4. The molecule has 0 amide bonds. The molecule has 0 aliphatic carbocycles. The highest BCUT2D eigenvalue weighted by molar-refractivity contribution is 5.51. The van der Waals surface area contributed by atoms with Crippen molar-refractivity contribution in [3.8, 4) is 0 Å². The van der Waals surface area contributed by atoms with Gasteiger partial charge >= 0.3 is 0 Å². The van der Waals surface area contributed by atoms with Crippen LogP contribution in [0.5, 0.6) is 0 Å². The Morgan fingerprint density at radius 2 is 2.20 bits per heavy atom. The maximum atomic E-state index is 10.0. The lowest BCUT2D eigenvalue weighted by atomic mass is 10.4. The van der Waals surface area contributed by atoms with Gasteiger partial charge in [-0.15, -0.1) is 0 Å². The summed E-state index contributed by atoms with van der Waals surface area (Å²) in [4.78, 5) is 11.8. The number of carbonyl (C=O) groups excluding carboxylic acids is 1. The van der Waals surface area contributed by atoms with E-state index in [4.69, 9.17) is 10.8 Å². The van der Waals surface area contributed by atoms with Gasteiger partial charge in [-0.3, -0.25) is 4.90 Å². The average Bonchev–Trinajstić information content (AvgIpc) is 1.90. The van der Waals surface area contributed by atoms with Crippen LogP contribution in [0.3, 0.4) is 0 Å². The lowest BCUT2D eigenvalue weighted by molar-refractivity contribution is -0.108. The zero-order valence-electron chi connectivity index (χ0n) is 5.99. The Balaban J connectivity index is 3.38. The minimum Gasteiger partial charge on any atom is -0.395 e. The van der Waals surface area contributed by atoms with Crippen molar-refractivity contribution in [3.63, 3.8) is 0 Å². The number of aliphatic hydroxyl groups excluding tert-OH is 1. The average molecular weight is 146 g/mol. The maximum Gasteiger partial charge on any atom is 0.133 e. The second-order valence-electron chi connectivity index (χ2n) is 1.98. The summed E-state index contributed by atoms with van der Waals surface area (Å²) in [5.41, 5.74) is 5.25. The van der Waals surface area contributed by atoms with Crippen molar-refractivity contribution in [2.45, 2.75) is 0 Å². The van der Waals surface area contributed by atoms with Gasteiger partial charge < -0.3 is 15.6 Å². The molecule has 0 aromatic rings. The van der Waals surface area contributed by atoms with Crippen LogP contribution < -0.4 is 5.73 Å². The van der Waals surface area contributed by atoms with Crippen molar-refractivity contribution in [1.82, 2.24) is 4.90 Å². The van der Waals surface area contributed by atoms with Crippen LogP contribution in [0, 0.1) is 0 Å². The third-order valence-electron chi connectivity index (χ3n) is 1.19. The molecule has 4 heteroatoms. The summed E-state index contributed by atoms with van der Waals surface area (Å²) in [6.07, 6.45) is 0.811. The molecule has 3 N–H and O–H groups in total. The van der Waals surface area contributed by atoms with Crippen LogP contribution in [0.15, 0.2) is 0 Å². The number of carbonyl (C=O) groups is 1. The molecule has 0 aromatic heterocycles. The lowest BCUT2D eigenvalue weighted by Crippen LogP contribution is -2.33. The molecule has 0 atom stereocenters. The summed E-state index contributed by atoms with van der Waals surface area (Å²) < 4.78 is 0. The fraction of sp³-hybridized carbons (Fsp3) is 0.833. The first-order chi connectivity index (χ1) is 4.85. The van der Waals surface area contributed by atoms with Gasteiger partial charge in [-0.05, 0) is 0 Å². The van der Waals surface area contributed by atoms with Gasteiger partial charge in [-0.1, -0.05) is 0 Å². The van der Waals surface area contributed by atoms with E-state index in [1.54, 1.807) is 4.90 Å². The van der Waals surface area contributed by atoms with Gasteiger partial charge in [0.1, 0.15) is 6.29 Å². The Labute approximate surface area is 60.6 Å². The van der Waals surface area contributed by atoms with Gasteiger partial charge in [0.2, 0.25) is 0 Å². The number of nitrogens with two attached hydrogens (primary N) is 1. The van der Waals surface area contributed by atoms with Crippen molar-refractivity contribution in [1.29, 1.82) is 0 Å². The molecule has 0 unspecified atom stereocenters. The standard InChI is InChI=1S/C6H14N2O2/c7-1-2-8(3-5-9)4-6-10/h5,10H,1-4,6-7H2. The minimum atomic E-state index is 0.0772. The minimum absolute atomic E-state index is 0.0772. The third-order valence-corrected chi connectivity index (χ3v) is 1.19. The fourth-order valence-corrected chi connectivity index (χ4v) is 0.724. The van der Waals surface area contributed by atoms with Gasteiger partial charge in [0.05, 0.1) is 13.2 Å². The van der Waals surface area contributed by atoms with Crippen LogP contribution >= 0.6 is 0 Å². The second kappa shape index (κ2) is 6.67. The Morgan fingerprint density at radius 3 is 2.60 bits per heavy atom. The first-order valence-corrected chi connectivity index (χ1v) is 3.32. The van der Waals surface area contributed by atoms with E-state index >= 15 is 0 Å². The largest absolute Gasteiger partial charge is 0.395 e. The van der Waals surface area contributed by atoms with Crippen molar-refractivity contribution < 1.29 is 9.90 Å². The molecule has 0 heterocycles. The molecular weight excluding hydrogens is 132 g/mol. The zero-order valence-corrected chi connectivity index (χ0v) is 5.99. The predicted octanol–water partition coefficient (Wildman–Crippen LogP) is -1.56. The number of aldehydes is 1. The fourth-order valence-electron chi connectivity index (χ4n) is 0.724. The van der Waals surface area contributed by atoms with Gasteiger partial charge in [0.15, 0.2) is 0 Å². The van der Waals surface area contributed by atoms with Crippen molar-refractivity contribution in [2.75, 3.05) is 32.8 Å². The molecule has 0 bridgehead atoms. The summed E-state index contributed by atoms with van der Waals surface area (Å²) in [6, 6.07) is 0. The van der Waals surface area contributed by atoms with Crippen LogP contribution in [0.2, 0.25) is 0 Å². The maximum absolute atomic E-state index is 10.0. The van der Waals surface area contributed by atoms with Crippen LogP contribution in [0.25, 0.3) is 0 Å². The van der Waals surface area contributed by atoms with E-state index in [9.17, 15) is 4.79 Å². The Morgan fingerprint density at radius 1 is 1.50 bits per heavy atom. The summed E-state index contributed by atoms with van der Waals surface area (Å²) in [5, 5.41) is 8.49. The van der Waals surface area contributed by atoms with E-state index in [1.807, 2.05) is 0 Å². The van der Waals surface area contributed by atoms with Gasteiger partial charge in [-0.25, -0.2) is 0 Å². The van der Waals surface area contributed by atoms with E-state index in [0.29, 0.717) is 26.2 Å².